The summed E-state index contributed by atoms with van der Waals surface area (Å²) in [6.45, 7) is 1.96. The number of aliphatic hydroxyl groups is 1. The third kappa shape index (κ3) is 3.51. The van der Waals surface area contributed by atoms with Crippen LogP contribution in [0, 0.1) is 18.6 Å². The van der Waals surface area contributed by atoms with E-state index in [0.29, 0.717) is 4.90 Å². The first kappa shape index (κ1) is 20.5. The van der Waals surface area contributed by atoms with Crippen molar-refractivity contribution >= 4 is 23.3 Å². The summed E-state index contributed by atoms with van der Waals surface area (Å²) in [6.07, 6.45) is 0. The number of hydrogen-bond acceptors (Lipinski definition) is 3. The number of halogens is 2. The Bertz CT molecular complexity index is 1150. The minimum absolute atomic E-state index is 0.0151. The van der Waals surface area contributed by atoms with Gasteiger partial charge < -0.3 is 15.7 Å². The van der Waals surface area contributed by atoms with Gasteiger partial charge in [0.25, 0.3) is 11.6 Å². The van der Waals surface area contributed by atoms with Gasteiger partial charge in [0.2, 0.25) is 0 Å². The van der Waals surface area contributed by atoms with Gasteiger partial charge in [0.15, 0.2) is 0 Å². The first-order valence-electron chi connectivity index (χ1n) is 9.53. The smallest absolute Gasteiger partial charge is 0.329 e. The maximum atomic E-state index is 14.6. The lowest BCUT2D eigenvalue weighted by molar-refractivity contribution is -0.140. The van der Waals surface area contributed by atoms with E-state index in [-0.39, 0.29) is 17.8 Å². The number of anilines is 2. The van der Waals surface area contributed by atoms with Crippen LogP contribution in [-0.2, 0) is 17.1 Å². The molecule has 3 aromatic carbocycles. The molecule has 0 radical (unpaired) electrons. The first-order valence-corrected chi connectivity index (χ1v) is 9.53. The summed E-state index contributed by atoms with van der Waals surface area (Å²) in [5, 5.41) is 16.6. The van der Waals surface area contributed by atoms with Gasteiger partial charge in [0.05, 0.1) is 5.69 Å². The summed E-state index contributed by atoms with van der Waals surface area (Å²) in [5.74, 6) is -3.20. The molecule has 0 fully saturated rings. The van der Waals surface area contributed by atoms with Crippen molar-refractivity contribution in [3.05, 3.63) is 95.1 Å². The molecule has 1 atom stereocenters. The minimum atomic E-state index is -2.69. The van der Waals surface area contributed by atoms with Crippen molar-refractivity contribution in [2.75, 3.05) is 10.2 Å². The molecule has 3 amide bonds. The topological polar surface area (TPSA) is 81.7 Å². The van der Waals surface area contributed by atoms with Crippen LogP contribution in [0.3, 0.4) is 0 Å². The molecule has 158 valence electrons. The average Bonchev–Trinajstić information content (AvgIpc) is 2.75. The molecule has 3 N–H and O–H groups in total. The van der Waals surface area contributed by atoms with Gasteiger partial charge in [0.1, 0.15) is 17.3 Å². The van der Waals surface area contributed by atoms with E-state index in [9.17, 15) is 23.5 Å². The van der Waals surface area contributed by atoms with E-state index >= 15 is 0 Å². The number of urea groups is 1. The lowest BCUT2D eigenvalue weighted by Crippen LogP contribution is -2.62. The second kappa shape index (κ2) is 7.81. The maximum Gasteiger partial charge on any atom is 0.329 e. The fraction of sp³-hybridized carbons (Fsp3) is 0.130. The molecular weight excluding hydrogens is 404 g/mol. The van der Waals surface area contributed by atoms with Crippen molar-refractivity contribution in [1.29, 1.82) is 0 Å². The van der Waals surface area contributed by atoms with Gasteiger partial charge in [-0.1, -0.05) is 54.1 Å². The fourth-order valence-electron chi connectivity index (χ4n) is 3.54. The largest absolute Gasteiger partial charge is 0.359 e. The van der Waals surface area contributed by atoms with Gasteiger partial charge in [-0.05, 0) is 30.7 Å². The van der Waals surface area contributed by atoms with Crippen molar-refractivity contribution in [2.24, 2.45) is 0 Å². The number of aryl methyl sites for hydroxylation is 1. The summed E-state index contributed by atoms with van der Waals surface area (Å²) in [4.78, 5) is 26.5. The highest BCUT2D eigenvalue weighted by molar-refractivity contribution is 6.12. The number of nitrogens with one attached hydrogen (secondary N) is 2. The molecule has 0 aromatic heterocycles. The number of hydrogen-bond donors (Lipinski definition) is 3. The van der Waals surface area contributed by atoms with E-state index in [1.54, 1.807) is 24.3 Å². The monoisotopic (exact) mass is 423 g/mol. The molecule has 1 unspecified atom stereocenters. The minimum Gasteiger partial charge on any atom is -0.359 e. The van der Waals surface area contributed by atoms with Gasteiger partial charge in [-0.2, -0.15) is 0 Å². The predicted octanol–water partition coefficient (Wildman–Crippen LogP) is 3.79. The van der Waals surface area contributed by atoms with Crippen LogP contribution in [0.15, 0.2) is 66.7 Å². The van der Waals surface area contributed by atoms with Crippen LogP contribution in [0.1, 0.15) is 16.7 Å². The Morgan fingerprint density at radius 3 is 2.35 bits per heavy atom. The van der Waals surface area contributed by atoms with Gasteiger partial charge in [0, 0.05) is 12.1 Å². The standard InChI is InChI=1S/C23H19F2N3O3/c1-14-9-11-15(12-10-14)13-26-21(29)23(31)16-5-2-3-8-19(16)27-22(30)28(23)20-17(24)6-4-7-18(20)25/h2-12,31H,13H2,1H3,(H,26,29)(H,27,30). The molecule has 31 heavy (non-hydrogen) atoms. The highest BCUT2D eigenvalue weighted by Gasteiger charge is 2.53. The number of amides is 3. The molecule has 0 saturated heterocycles. The van der Waals surface area contributed by atoms with E-state index < -0.39 is 35.0 Å². The van der Waals surface area contributed by atoms with Crippen LogP contribution in [-0.4, -0.2) is 17.0 Å². The lowest BCUT2D eigenvalue weighted by atomic mass is 9.94. The first-order chi connectivity index (χ1) is 14.8. The van der Waals surface area contributed by atoms with Crippen LogP contribution in [0.2, 0.25) is 0 Å². The molecule has 0 saturated carbocycles. The number of benzene rings is 3. The normalized spacial score (nSPS) is 17.7. The molecule has 0 bridgehead atoms. The van der Waals surface area contributed by atoms with Gasteiger partial charge in [-0.25, -0.2) is 18.5 Å². The number of carbonyl (C=O) groups excluding carboxylic acids is 2. The third-order valence-electron chi connectivity index (χ3n) is 5.12. The molecule has 0 spiro atoms. The van der Waals surface area contributed by atoms with E-state index in [4.69, 9.17) is 0 Å². The Morgan fingerprint density at radius 1 is 1.03 bits per heavy atom. The van der Waals surface area contributed by atoms with Crippen LogP contribution in [0.4, 0.5) is 25.0 Å². The predicted molar refractivity (Wildman–Crippen MR) is 111 cm³/mol. The van der Waals surface area contributed by atoms with Crippen LogP contribution < -0.4 is 15.5 Å². The number of para-hydroxylation sites is 2. The van der Waals surface area contributed by atoms with Crippen molar-refractivity contribution in [2.45, 2.75) is 19.2 Å². The van der Waals surface area contributed by atoms with Gasteiger partial charge in [-0.3, -0.25) is 4.79 Å². The number of carbonyl (C=O) groups is 2. The summed E-state index contributed by atoms with van der Waals surface area (Å²) in [7, 11) is 0. The molecule has 4 rings (SSSR count). The molecule has 8 heteroatoms. The highest BCUT2D eigenvalue weighted by atomic mass is 19.1. The van der Waals surface area contributed by atoms with Crippen molar-refractivity contribution in [3.63, 3.8) is 0 Å². The number of nitrogens with zero attached hydrogens (tertiary/aromatic N) is 1. The van der Waals surface area contributed by atoms with Crippen molar-refractivity contribution in [3.8, 4) is 0 Å². The van der Waals surface area contributed by atoms with Gasteiger partial charge in [-0.15, -0.1) is 0 Å². The number of fused-ring (bicyclic) bond motifs is 1. The molecule has 3 aromatic rings. The fourth-order valence-corrected chi connectivity index (χ4v) is 3.54. The summed E-state index contributed by atoms with van der Waals surface area (Å²) in [6, 6.07) is 15.3. The van der Waals surface area contributed by atoms with Gasteiger partial charge >= 0.3 is 6.03 Å². The molecule has 1 heterocycles. The maximum absolute atomic E-state index is 14.6. The Labute approximate surface area is 177 Å². The van der Waals surface area contributed by atoms with E-state index in [0.717, 1.165) is 29.3 Å². The Balaban J connectivity index is 1.79. The van der Waals surface area contributed by atoms with E-state index in [1.165, 1.54) is 12.1 Å². The zero-order valence-corrected chi connectivity index (χ0v) is 16.5. The van der Waals surface area contributed by atoms with E-state index in [1.807, 2.05) is 19.1 Å². The average molecular weight is 423 g/mol. The SMILES string of the molecule is Cc1ccc(CNC(=O)C2(O)c3ccccc3NC(=O)N2c2c(F)cccc2F)cc1. The second-order valence-electron chi connectivity index (χ2n) is 7.22. The lowest BCUT2D eigenvalue weighted by Gasteiger charge is -2.42. The summed E-state index contributed by atoms with van der Waals surface area (Å²) >= 11 is 0. The van der Waals surface area contributed by atoms with Crippen LogP contribution in [0.25, 0.3) is 0 Å². The van der Waals surface area contributed by atoms with E-state index in [2.05, 4.69) is 10.6 Å². The quantitative estimate of drug-likeness (QED) is 0.597. The van der Waals surface area contributed by atoms with Crippen molar-refractivity contribution < 1.29 is 23.5 Å². The molecular formula is C23H19F2N3O3. The Morgan fingerprint density at radius 2 is 1.68 bits per heavy atom. The highest BCUT2D eigenvalue weighted by Crippen LogP contribution is 2.41. The zero-order chi connectivity index (χ0) is 22.2. The van der Waals surface area contributed by atoms with Crippen LogP contribution >= 0.6 is 0 Å². The Hall–Kier alpha value is -3.78. The molecule has 1 aliphatic heterocycles. The molecule has 6 nitrogen and oxygen atoms in total. The Kier molecular flexibility index (Phi) is 5.16. The molecule has 0 aliphatic carbocycles. The molecule has 1 aliphatic rings. The zero-order valence-electron chi connectivity index (χ0n) is 16.5. The third-order valence-corrected chi connectivity index (χ3v) is 5.12. The summed E-state index contributed by atoms with van der Waals surface area (Å²) in [5.41, 5.74) is -1.59. The summed E-state index contributed by atoms with van der Waals surface area (Å²) < 4.78 is 29.2. The number of rotatable bonds is 4. The second-order valence-corrected chi connectivity index (χ2v) is 7.22. The van der Waals surface area contributed by atoms with Crippen LogP contribution in [0.5, 0.6) is 0 Å². The van der Waals surface area contributed by atoms with Crippen molar-refractivity contribution in [1.82, 2.24) is 5.32 Å².